The number of fused-ring (bicyclic) bond motifs is 2. The molecule has 4 aliphatic rings. The predicted molar refractivity (Wildman–Crippen MR) is 114 cm³/mol. The highest BCUT2D eigenvalue weighted by Gasteiger charge is 2.32. The van der Waals surface area contributed by atoms with Crippen LogP contribution in [0.4, 0.5) is 0 Å². The zero-order valence-corrected chi connectivity index (χ0v) is 15.8. The van der Waals surface area contributed by atoms with E-state index in [2.05, 4.69) is 85.9 Å². The number of benzene rings is 1. The molecule has 1 aromatic carbocycles. The van der Waals surface area contributed by atoms with Gasteiger partial charge in [0, 0.05) is 23.7 Å². The first kappa shape index (κ1) is 16.5. The van der Waals surface area contributed by atoms with Crippen LogP contribution in [0.2, 0.25) is 0 Å². The van der Waals surface area contributed by atoms with Gasteiger partial charge < -0.3 is 0 Å². The number of hydrogen-bond acceptors (Lipinski definition) is 1. The van der Waals surface area contributed by atoms with E-state index in [1.807, 2.05) is 6.20 Å². The molecule has 27 heavy (non-hydrogen) atoms. The second-order valence-electron chi connectivity index (χ2n) is 8.06. The maximum Gasteiger partial charge on any atom is 0.0469 e. The van der Waals surface area contributed by atoms with Crippen molar-refractivity contribution in [3.8, 4) is 0 Å². The summed E-state index contributed by atoms with van der Waals surface area (Å²) in [5, 5.41) is 0. The Morgan fingerprint density at radius 1 is 0.926 bits per heavy atom. The molecule has 0 amide bonds. The predicted octanol–water partition coefficient (Wildman–Crippen LogP) is 6.09. The molecular formula is C26H25N. The lowest BCUT2D eigenvalue weighted by molar-refractivity contribution is 0.401. The van der Waals surface area contributed by atoms with E-state index in [-0.39, 0.29) is 0 Å². The SMILES string of the molecule is CC1C(C2=CC=C3C=CC=CC3C2)=NC=CC1C1C=Cc2ccccc2C1. The van der Waals surface area contributed by atoms with E-state index in [9.17, 15) is 0 Å². The fraction of sp³-hybridized carbons (Fsp3) is 0.269. The number of allylic oxidation sites excluding steroid dienone is 10. The summed E-state index contributed by atoms with van der Waals surface area (Å²) in [5.41, 5.74) is 6.96. The van der Waals surface area contributed by atoms with Crippen molar-refractivity contribution in [2.75, 3.05) is 0 Å². The van der Waals surface area contributed by atoms with Gasteiger partial charge in [0.15, 0.2) is 0 Å². The summed E-state index contributed by atoms with van der Waals surface area (Å²) in [6, 6.07) is 8.78. The molecule has 0 radical (unpaired) electrons. The number of aliphatic imine (C=N–C) groups is 1. The maximum absolute atomic E-state index is 4.83. The topological polar surface area (TPSA) is 12.4 Å². The van der Waals surface area contributed by atoms with Crippen LogP contribution in [0.15, 0.2) is 95.2 Å². The molecule has 1 heteroatoms. The normalized spacial score (nSPS) is 30.9. The Balaban J connectivity index is 1.39. The number of hydrogen-bond donors (Lipinski definition) is 0. The van der Waals surface area contributed by atoms with Crippen LogP contribution in [0.25, 0.3) is 6.08 Å². The molecule has 1 nitrogen and oxygen atoms in total. The first-order chi connectivity index (χ1) is 13.3. The molecule has 0 spiro atoms. The molecule has 5 rings (SSSR count). The smallest absolute Gasteiger partial charge is 0.0469 e. The molecule has 0 bridgehead atoms. The van der Waals surface area contributed by atoms with Gasteiger partial charge in [-0.1, -0.05) is 85.9 Å². The van der Waals surface area contributed by atoms with E-state index < -0.39 is 0 Å². The highest BCUT2D eigenvalue weighted by Crippen LogP contribution is 2.38. The minimum Gasteiger partial charge on any atom is -0.261 e. The quantitative estimate of drug-likeness (QED) is 0.611. The molecule has 4 unspecified atom stereocenters. The summed E-state index contributed by atoms with van der Waals surface area (Å²) in [6.45, 7) is 2.36. The van der Waals surface area contributed by atoms with Crippen molar-refractivity contribution in [2.45, 2.75) is 19.8 Å². The van der Waals surface area contributed by atoms with Crippen molar-refractivity contribution in [1.82, 2.24) is 0 Å². The lowest BCUT2D eigenvalue weighted by atomic mass is 9.71. The number of nitrogens with zero attached hydrogens (tertiary/aromatic N) is 1. The first-order valence-corrected chi connectivity index (χ1v) is 10.1. The van der Waals surface area contributed by atoms with Crippen LogP contribution in [-0.2, 0) is 6.42 Å². The molecule has 0 saturated heterocycles. The van der Waals surface area contributed by atoms with Crippen LogP contribution in [-0.4, -0.2) is 5.71 Å². The van der Waals surface area contributed by atoms with Crippen LogP contribution in [0.5, 0.6) is 0 Å². The summed E-state index contributed by atoms with van der Waals surface area (Å²) in [7, 11) is 0. The molecule has 1 aliphatic heterocycles. The van der Waals surface area contributed by atoms with Crippen molar-refractivity contribution in [2.24, 2.45) is 28.7 Å². The summed E-state index contributed by atoms with van der Waals surface area (Å²) >= 11 is 0. The molecule has 134 valence electrons. The Morgan fingerprint density at radius 3 is 2.81 bits per heavy atom. The third kappa shape index (κ3) is 3.02. The van der Waals surface area contributed by atoms with E-state index in [0.717, 1.165) is 12.8 Å². The molecule has 0 N–H and O–H groups in total. The lowest BCUT2D eigenvalue weighted by Crippen LogP contribution is -2.31. The molecule has 0 aromatic heterocycles. The minimum absolute atomic E-state index is 0.444. The van der Waals surface area contributed by atoms with Gasteiger partial charge in [0.2, 0.25) is 0 Å². The summed E-state index contributed by atoms with van der Waals surface area (Å²) in [5.74, 6) is 2.01. The van der Waals surface area contributed by atoms with Crippen molar-refractivity contribution in [3.63, 3.8) is 0 Å². The third-order valence-corrected chi connectivity index (χ3v) is 6.48. The highest BCUT2D eigenvalue weighted by molar-refractivity contribution is 6.03. The highest BCUT2D eigenvalue weighted by atomic mass is 14.7. The molecule has 0 fully saturated rings. The van der Waals surface area contributed by atoms with Crippen LogP contribution in [0.1, 0.15) is 24.5 Å². The Bertz CT molecular complexity index is 964. The molecule has 3 aliphatic carbocycles. The Morgan fingerprint density at radius 2 is 1.85 bits per heavy atom. The van der Waals surface area contributed by atoms with Gasteiger partial charge in [-0.15, -0.1) is 0 Å². The van der Waals surface area contributed by atoms with Crippen LogP contribution in [0, 0.1) is 23.7 Å². The molecular weight excluding hydrogens is 326 g/mol. The van der Waals surface area contributed by atoms with Gasteiger partial charge in [-0.2, -0.15) is 0 Å². The molecule has 1 heterocycles. The Hall–Kier alpha value is -2.67. The van der Waals surface area contributed by atoms with Crippen molar-refractivity contribution < 1.29 is 0 Å². The largest absolute Gasteiger partial charge is 0.261 e. The molecule has 0 saturated carbocycles. The number of rotatable bonds is 2. The van der Waals surface area contributed by atoms with Crippen LogP contribution < -0.4 is 0 Å². The van der Waals surface area contributed by atoms with Crippen LogP contribution >= 0.6 is 0 Å². The van der Waals surface area contributed by atoms with E-state index in [0.29, 0.717) is 23.7 Å². The van der Waals surface area contributed by atoms with Gasteiger partial charge in [0.25, 0.3) is 0 Å². The Labute approximate surface area is 161 Å². The summed E-state index contributed by atoms with van der Waals surface area (Å²) in [6.07, 6.45) is 24.7. The maximum atomic E-state index is 4.83. The zero-order chi connectivity index (χ0) is 18.2. The van der Waals surface area contributed by atoms with E-state index in [1.165, 1.54) is 28.0 Å². The lowest BCUT2D eigenvalue weighted by Gasteiger charge is -2.34. The fourth-order valence-corrected chi connectivity index (χ4v) is 4.93. The molecule has 4 atom stereocenters. The van der Waals surface area contributed by atoms with E-state index >= 15 is 0 Å². The average Bonchev–Trinajstić information content (AvgIpc) is 2.73. The van der Waals surface area contributed by atoms with Gasteiger partial charge in [0.1, 0.15) is 0 Å². The standard InChI is InChI=1S/C26H25N/c1-18-25(23-12-10-19-6-2-4-8-21(19)16-23)14-15-27-26(18)24-13-11-20-7-3-5-9-22(20)17-24/h2-15,18,22-23,25H,16-17H2,1H3. The fourth-order valence-electron chi connectivity index (χ4n) is 4.93. The molecule has 1 aromatic rings. The monoisotopic (exact) mass is 351 g/mol. The van der Waals surface area contributed by atoms with Gasteiger partial charge >= 0.3 is 0 Å². The van der Waals surface area contributed by atoms with Gasteiger partial charge in [-0.3, -0.25) is 4.99 Å². The second-order valence-corrected chi connectivity index (χ2v) is 8.06. The van der Waals surface area contributed by atoms with Crippen LogP contribution in [0.3, 0.4) is 0 Å². The average molecular weight is 351 g/mol. The third-order valence-electron chi connectivity index (χ3n) is 6.48. The second kappa shape index (κ2) is 6.81. The van der Waals surface area contributed by atoms with Crippen molar-refractivity contribution in [1.29, 1.82) is 0 Å². The van der Waals surface area contributed by atoms with Gasteiger partial charge in [0.05, 0.1) is 0 Å². The summed E-state index contributed by atoms with van der Waals surface area (Å²) < 4.78 is 0. The van der Waals surface area contributed by atoms with Gasteiger partial charge in [-0.05, 0) is 47.0 Å². The van der Waals surface area contributed by atoms with E-state index in [1.54, 1.807) is 0 Å². The zero-order valence-electron chi connectivity index (χ0n) is 15.8. The van der Waals surface area contributed by atoms with Crippen molar-refractivity contribution in [3.05, 3.63) is 101 Å². The summed E-state index contributed by atoms with van der Waals surface area (Å²) in [4.78, 5) is 4.83. The van der Waals surface area contributed by atoms with Crippen molar-refractivity contribution >= 4 is 11.8 Å². The first-order valence-electron chi connectivity index (χ1n) is 10.1. The Kier molecular flexibility index (Phi) is 4.16. The van der Waals surface area contributed by atoms with Gasteiger partial charge in [-0.25, -0.2) is 0 Å². The minimum atomic E-state index is 0.444. The van der Waals surface area contributed by atoms with E-state index in [4.69, 9.17) is 4.99 Å².